The van der Waals surface area contributed by atoms with E-state index in [0.717, 1.165) is 0 Å². The van der Waals surface area contributed by atoms with Crippen LogP contribution in [0.25, 0.3) is 0 Å². The van der Waals surface area contributed by atoms with E-state index in [2.05, 4.69) is 0 Å². The molecule has 0 heterocycles. The summed E-state index contributed by atoms with van der Waals surface area (Å²) >= 11 is 0. The summed E-state index contributed by atoms with van der Waals surface area (Å²) in [7, 11) is -5.44. The van der Waals surface area contributed by atoms with Crippen LogP contribution in [0.1, 0.15) is 0 Å². The standard InChI is InChI=1S/C2H4F2O4S.HI/c3-2(4,1-5)9(6,7)8;/h5H,1H2,(H,6,7,8);1H. The molecule has 0 rings (SSSR count). The van der Waals surface area contributed by atoms with Gasteiger partial charge in [0, 0.05) is 0 Å². The molecule has 0 unspecified atom stereocenters. The van der Waals surface area contributed by atoms with Crippen molar-refractivity contribution in [1.82, 2.24) is 0 Å². The maximum Gasteiger partial charge on any atom is 0.392 e. The van der Waals surface area contributed by atoms with Crippen LogP contribution in [0.4, 0.5) is 8.78 Å². The summed E-state index contributed by atoms with van der Waals surface area (Å²) in [6, 6.07) is 0. The summed E-state index contributed by atoms with van der Waals surface area (Å²) in [6.45, 7) is -1.91. The van der Waals surface area contributed by atoms with Gasteiger partial charge in [-0.2, -0.15) is 17.2 Å². The highest BCUT2D eigenvalue weighted by Gasteiger charge is 2.43. The van der Waals surface area contributed by atoms with Crippen LogP contribution in [0.5, 0.6) is 0 Å². The predicted octanol–water partition coefficient (Wildman–Crippen LogP) is 0.0773. The number of rotatable bonds is 2. The van der Waals surface area contributed by atoms with Crippen LogP contribution in [0.2, 0.25) is 0 Å². The van der Waals surface area contributed by atoms with Crippen molar-refractivity contribution in [2.24, 2.45) is 0 Å². The Kier molecular flexibility index (Phi) is 4.89. The molecule has 0 bridgehead atoms. The van der Waals surface area contributed by atoms with E-state index in [0.29, 0.717) is 0 Å². The molecule has 0 aliphatic heterocycles. The van der Waals surface area contributed by atoms with Crippen LogP contribution < -0.4 is 0 Å². The van der Waals surface area contributed by atoms with Crippen molar-refractivity contribution in [2.75, 3.05) is 6.61 Å². The molecule has 0 amide bonds. The lowest BCUT2D eigenvalue weighted by Crippen LogP contribution is -2.31. The molecule has 0 saturated carbocycles. The molecule has 0 saturated heterocycles. The average Bonchev–Trinajstić information content (AvgIpc) is 1.64. The molecular weight excluding hydrogens is 285 g/mol. The third-order valence-corrected chi connectivity index (χ3v) is 1.45. The van der Waals surface area contributed by atoms with E-state index < -0.39 is 22.0 Å². The van der Waals surface area contributed by atoms with E-state index in [1.165, 1.54) is 0 Å². The molecule has 0 aromatic heterocycles. The van der Waals surface area contributed by atoms with Gasteiger partial charge in [0.2, 0.25) is 0 Å². The zero-order chi connectivity index (χ0) is 7.71. The molecule has 0 atom stereocenters. The molecule has 0 aromatic carbocycles. The minimum atomic E-state index is -5.44. The highest BCUT2D eigenvalue weighted by atomic mass is 127. The van der Waals surface area contributed by atoms with Crippen molar-refractivity contribution >= 4 is 34.1 Å². The molecule has 0 spiro atoms. The zero-order valence-electron chi connectivity index (χ0n) is 4.49. The first-order chi connectivity index (χ1) is 3.81. The molecule has 10 heavy (non-hydrogen) atoms. The van der Waals surface area contributed by atoms with Gasteiger partial charge in [-0.1, -0.05) is 0 Å². The second-order valence-corrected chi connectivity index (χ2v) is 2.82. The van der Waals surface area contributed by atoms with Crippen molar-refractivity contribution in [2.45, 2.75) is 5.25 Å². The molecule has 0 aromatic rings. The summed E-state index contributed by atoms with van der Waals surface area (Å²) in [5, 5.41) is 3.20. The number of hydrogen-bond donors (Lipinski definition) is 2. The van der Waals surface area contributed by atoms with Gasteiger partial charge in [-0.25, -0.2) is 0 Å². The van der Waals surface area contributed by atoms with Crippen molar-refractivity contribution in [1.29, 1.82) is 0 Å². The predicted molar refractivity (Wildman–Crippen MR) is 39.0 cm³/mol. The van der Waals surface area contributed by atoms with Crippen LogP contribution in [0.3, 0.4) is 0 Å². The molecule has 0 aliphatic carbocycles. The molecule has 0 radical (unpaired) electrons. The normalized spacial score (nSPS) is 12.4. The number of hydrogen-bond acceptors (Lipinski definition) is 3. The van der Waals surface area contributed by atoms with Gasteiger partial charge in [-0.15, -0.1) is 24.0 Å². The summed E-state index contributed by atoms with van der Waals surface area (Å²) in [5.74, 6) is 0. The van der Waals surface area contributed by atoms with Crippen LogP contribution >= 0.6 is 24.0 Å². The van der Waals surface area contributed by atoms with Gasteiger partial charge in [-0.3, -0.25) is 4.55 Å². The second-order valence-electron chi connectivity index (χ2n) is 1.27. The summed E-state index contributed by atoms with van der Waals surface area (Å²) in [5.41, 5.74) is 0. The maximum absolute atomic E-state index is 11.6. The summed E-state index contributed by atoms with van der Waals surface area (Å²) < 4.78 is 49.8. The number of aliphatic hydroxyl groups excluding tert-OH is 1. The Bertz CT molecular complexity index is 187. The van der Waals surface area contributed by atoms with E-state index in [-0.39, 0.29) is 24.0 Å². The molecule has 8 heteroatoms. The smallest absolute Gasteiger partial charge is 0.389 e. The van der Waals surface area contributed by atoms with Crippen LogP contribution in [0, 0.1) is 0 Å². The van der Waals surface area contributed by atoms with Crippen LogP contribution in [-0.4, -0.2) is 29.9 Å². The lowest BCUT2D eigenvalue weighted by molar-refractivity contribution is 0.0187. The number of halogens is 3. The lowest BCUT2D eigenvalue weighted by Gasteiger charge is -2.06. The highest BCUT2D eigenvalue weighted by Crippen LogP contribution is 2.18. The minimum absolute atomic E-state index is 0. The fourth-order valence-corrected chi connectivity index (χ4v) is 0.245. The Morgan fingerprint density at radius 3 is 1.70 bits per heavy atom. The van der Waals surface area contributed by atoms with Gasteiger partial charge >= 0.3 is 15.4 Å². The third-order valence-electron chi connectivity index (χ3n) is 0.561. The van der Waals surface area contributed by atoms with Gasteiger partial charge in [-0.05, 0) is 0 Å². The highest BCUT2D eigenvalue weighted by molar-refractivity contribution is 14.0. The largest absolute Gasteiger partial charge is 0.392 e. The van der Waals surface area contributed by atoms with E-state index in [1.807, 2.05) is 0 Å². The lowest BCUT2D eigenvalue weighted by atomic mass is 10.8. The third kappa shape index (κ3) is 3.03. The first-order valence-corrected chi connectivity index (χ1v) is 3.21. The van der Waals surface area contributed by atoms with Gasteiger partial charge in [0.1, 0.15) is 6.61 Å². The van der Waals surface area contributed by atoms with E-state index in [1.54, 1.807) is 0 Å². The molecule has 64 valence electrons. The van der Waals surface area contributed by atoms with Gasteiger partial charge in [0.05, 0.1) is 0 Å². The van der Waals surface area contributed by atoms with Gasteiger partial charge in [0.15, 0.2) is 0 Å². The Morgan fingerprint density at radius 1 is 1.40 bits per heavy atom. The molecule has 2 N–H and O–H groups in total. The van der Waals surface area contributed by atoms with E-state index in [4.69, 9.17) is 9.66 Å². The van der Waals surface area contributed by atoms with E-state index >= 15 is 0 Å². The maximum atomic E-state index is 11.6. The van der Waals surface area contributed by atoms with Crippen LogP contribution in [-0.2, 0) is 10.1 Å². The van der Waals surface area contributed by atoms with Crippen molar-refractivity contribution in [3.8, 4) is 0 Å². The fourth-order valence-electron chi connectivity index (χ4n) is 0.0816. The monoisotopic (exact) mass is 290 g/mol. The average molecular weight is 290 g/mol. The van der Waals surface area contributed by atoms with Gasteiger partial charge in [0.25, 0.3) is 0 Å². The number of alkyl halides is 2. The Hall–Kier alpha value is 0.460. The molecule has 4 nitrogen and oxygen atoms in total. The first kappa shape index (κ1) is 13.1. The topological polar surface area (TPSA) is 74.6 Å². The van der Waals surface area contributed by atoms with E-state index in [9.17, 15) is 17.2 Å². The van der Waals surface area contributed by atoms with Crippen molar-refractivity contribution in [3.05, 3.63) is 0 Å². The minimum Gasteiger partial charge on any atom is -0.389 e. The first-order valence-electron chi connectivity index (χ1n) is 1.77. The summed E-state index contributed by atoms with van der Waals surface area (Å²) in [4.78, 5) is 0. The van der Waals surface area contributed by atoms with Gasteiger partial charge < -0.3 is 5.11 Å². The Morgan fingerprint density at radius 2 is 1.70 bits per heavy atom. The second kappa shape index (κ2) is 3.74. The zero-order valence-corrected chi connectivity index (χ0v) is 7.64. The Labute approximate surface area is 73.0 Å². The number of aliphatic hydroxyl groups is 1. The quantitative estimate of drug-likeness (QED) is 0.558. The van der Waals surface area contributed by atoms with Crippen molar-refractivity contribution < 1.29 is 26.9 Å². The fraction of sp³-hybridized carbons (Fsp3) is 1.00. The Balaban J connectivity index is 0. The molecular formula is C2H5F2IO4S. The SMILES string of the molecule is I.O=S(=O)(O)C(F)(F)CO. The molecule has 0 aliphatic rings. The summed E-state index contributed by atoms with van der Waals surface area (Å²) in [6.07, 6.45) is 0. The van der Waals surface area contributed by atoms with Crippen molar-refractivity contribution in [3.63, 3.8) is 0 Å². The van der Waals surface area contributed by atoms with Crippen LogP contribution in [0.15, 0.2) is 0 Å². The molecule has 0 fully saturated rings.